The number of thiazole rings is 1. The zero-order valence-corrected chi connectivity index (χ0v) is 16.1. The molecule has 3 aliphatic rings. The average molecular weight is 364 g/mol. The predicted molar refractivity (Wildman–Crippen MR) is 98.6 cm³/mol. The van der Waals surface area contributed by atoms with E-state index in [2.05, 4.69) is 21.7 Å². The van der Waals surface area contributed by atoms with E-state index in [4.69, 9.17) is 4.74 Å². The largest absolute Gasteiger partial charge is 0.375 e. The highest BCUT2D eigenvalue weighted by Crippen LogP contribution is 2.37. The molecule has 2 bridgehead atoms. The molecule has 4 heterocycles. The molecule has 0 radical (unpaired) electrons. The van der Waals surface area contributed by atoms with Gasteiger partial charge in [0, 0.05) is 43.5 Å². The number of hydrogen-bond acceptors (Lipinski definition) is 5. The lowest BCUT2D eigenvalue weighted by Gasteiger charge is -2.41. The van der Waals surface area contributed by atoms with Crippen molar-refractivity contribution in [1.82, 2.24) is 14.8 Å². The Labute approximate surface area is 154 Å². The van der Waals surface area contributed by atoms with E-state index in [1.165, 1.54) is 10.6 Å². The van der Waals surface area contributed by atoms with Gasteiger partial charge >= 0.3 is 0 Å². The van der Waals surface area contributed by atoms with Crippen molar-refractivity contribution in [3.63, 3.8) is 0 Å². The second kappa shape index (κ2) is 7.33. The predicted octanol–water partition coefficient (Wildman–Crippen LogP) is 2.97. The number of likely N-dealkylation sites (tertiary alicyclic amines) is 1. The fourth-order valence-corrected chi connectivity index (χ4v) is 5.73. The summed E-state index contributed by atoms with van der Waals surface area (Å²) in [4.78, 5) is 22.2. The molecule has 1 amide bonds. The Morgan fingerprint density at radius 1 is 1.20 bits per heavy atom. The van der Waals surface area contributed by atoms with Gasteiger partial charge in [0.1, 0.15) is 0 Å². The molecule has 1 aromatic rings. The minimum absolute atomic E-state index is 0.248. The van der Waals surface area contributed by atoms with Gasteiger partial charge in [0.05, 0.1) is 23.4 Å². The van der Waals surface area contributed by atoms with Gasteiger partial charge in [-0.15, -0.1) is 11.3 Å². The van der Waals surface area contributed by atoms with Crippen molar-refractivity contribution in [2.24, 2.45) is 0 Å². The van der Waals surface area contributed by atoms with Crippen LogP contribution in [-0.4, -0.2) is 58.1 Å². The number of rotatable bonds is 4. The third kappa shape index (κ3) is 3.76. The number of piperidine rings is 2. The molecule has 25 heavy (non-hydrogen) atoms. The van der Waals surface area contributed by atoms with Crippen LogP contribution in [-0.2, 0) is 16.1 Å². The Morgan fingerprint density at radius 3 is 2.44 bits per heavy atom. The number of aryl methyl sites for hydroxylation is 1. The normalized spacial score (nSPS) is 30.8. The summed E-state index contributed by atoms with van der Waals surface area (Å²) in [5, 5.41) is 0. The fourth-order valence-electron chi connectivity index (χ4n) is 4.91. The van der Waals surface area contributed by atoms with E-state index in [1.54, 1.807) is 18.3 Å². The molecule has 3 aliphatic heterocycles. The highest BCUT2D eigenvalue weighted by Gasteiger charge is 2.43. The quantitative estimate of drug-likeness (QED) is 0.825. The van der Waals surface area contributed by atoms with Crippen LogP contribution in [0.5, 0.6) is 0 Å². The second-order valence-corrected chi connectivity index (χ2v) is 8.82. The minimum Gasteiger partial charge on any atom is -0.375 e. The van der Waals surface area contributed by atoms with Gasteiger partial charge in [0.25, 0.3) is 0 Å². The molecule has 3 fully saturated rings. The number of aromatic nitrogens is 1. The van der Waals surface area contributed by atoms with Gasteiger partial charge in [-0.25, -0.2) is 4.98 Å². The number of ether oxygens (including phenoxy) is 1. The minimum atomic E-state index is 0.248. The summed E-state index contributed by atoms with van der Waals surface area (Å²) in [5.41, 5.74) is 3.12. The van der Waals surface area contributed by atoms with Crippen LogP contribution in [0.25, 0.3) is 0 Å². The van der Waals surface area contributed by atoms with Crippen LogP contribution < -0.4 is 0 Å². The first kappa shape index (κ1) is 17.4. The Bertz CT molecular complexity index is 598. The van der Waals surface area contributed by atoms with Crippen molar-refractivity contribution in [2.45, 2.75) is 83.2 Å². The number of hydrogen-bond donors (Lipinski definition) is 0. The standard InChI is InChI=1S/C19H29N3O2S/c1-13-19(25-12-20-13)11-21-7-5-17(6-8-21)24-18-9-15-3-4-16(10-18)22(15)14(2)23/h12,15-18H,3-11H2,1-2H3/t15-,16+,18?. The molecule has 4 rings (SSSR count). The third-order valence-corrected chi connectivity index (χ3v) is 7.10. The van der Waals surface area contributed by atoms with Gasteiger partial charge in [0.15, 0.2) is 0 Å². The summed E-state index contributed by atoms with van der Waals surface area (Å²) in [6.45, 7) is 7.07. The van der Waals surface area contributed by atoms with Crippen LogP contribution in [0.3, 0.4) is 0 Å². The summed E-state index contributed by atoms with van der Waals surface area (Å²) >= 11 is 1.77. The summed E-state index contributed by atoms with van der Waals surface area (Å²) in [6.07, 6.45) is 7.40. The number of carbonyl (C=O) groups excluding carboxylic acids is 1. The smallest absolute Gasteiger partial charge is 0.219 e. The summed E-state index contributed by atoms with van der Waals surface area (Å²) in [5.74, 6) is 0.248. The van der Waals surface area contributed by atoms with Crippen molar-refractivity contribution in [2.75, 3.05) is 13.1 Å². The monoisotopic (exact) mass is 363 g/mol. The van der Waals surface area contributed by atoms with E-state index in [1.807, 2.05) is 5.51 Å². The Balaban J connectivity index is 1.24. The molecule has 6 heteroatoms. The summed E-state index contributed by atoms with van der Waals surface area (Å²) in [6, 6.07) is 0.853. The molecule has 0 spiro atoms. The molecule has 5 nitrogen and oxygen atoms in total. The lowest BCUT2D eigenvalue weighted by atomic mass is 9.98. The van der Waals surface area contributed by atoms with Crippen LogP contribution >= 0.6 is 11.3 Å². The van der Waals surface area contributed by atoms with E-state index >= 15 is 0 Å². The SMILES string of the molecule is CC(=O)N1[C@@H]2CC[C@H]1CC(OC1CCN(Cc3scnc3C)CC1)C2. The van der Waals surface area contributed by atoms with Crippen molar-refractivity contribution in [3.05, 3.63) is 16.1 Å². The van der Waals surface area contributed by atoms with E-state index in [-0.39, 0.29) is 5.91 Å². The molecule has 138 valence electrons. The van der Waals surface area contributed by atoms with Gasteiger partial charge in [-0.1, -0.05) is 0 Å². The average Bonchev–Trinajstić information content (AvgIpc) is 3.11. The van der Waals surface area contributed by atoms with Crippen LogP contribution in [0.2, 0.25) is 0 Å². The molecule has 0 aliphatic carbocycles. The maximum absolute atomic E-state index is 11.8. The number of nitrogens with zero attached hydrogens (tertiary/aromatic N) is 3. The maximum atomic E-state index is 11.8. The van der Waals surface area contributed by atoms with Crippen LogP contribution in [0, 0.1) is 6.92 Å². The molecule has 1 aromatic heterocycles. The Morgan fingerprint density at radius 2 is 1.88 bits per heavy atom. The van der Waals surface area contributed by atoms with Crippen LogP contribution in [0.4, 0.5) is 0 Å². The van der Waals surface area contributed by atoms with Gasteiger partial charge < -0.3 is 9.64 Å². The first-order valence-corrected chi connectivity index (χ1v) is 10.5. The highest BCUT2D eigenvalue weighted by atomic mass is 32.1. The first-order chi connectivity index (χ1) is 12.1. The molecule has 0 N–H and O–H groups in total. The number of fused-ring (bicyclic) bond motifs is 2. The van der Waals surface area contributed by atoms with E-state index in [0.29, 0.717) is 24.3 Å². The van der Waals surface area contributed by atoms with Gasteiger partial charge in [-0.2, -0.15) is 0 Å². The zero-order valence-electron chi connectivity index (χ0n) is 15.3. The van der Waals surface area contributed by atoms with Crippen molar-refractivity contribution in [1.29, 1.82) is 0 Å². The molecule has 3 atom stereocenters. The maximum Gasteiger partial charge on any atom is 0.219 e. The highest BCUT2D eigenvalue weighted by molar-refractivity contribution is 7.09. The van der Waals surface area contributed by atoms with E-state index < -0.39 is 0 Å². The van der Waals surface area contributed by atoms with Gasteiger partial charge in [-0.05, 0) is 45.4 Å². The molecular weight excluding hydrogens is 334 g/mol. The fraction of sp³-hybridized carbons (Fsp3) is 0.789. The molecule has 0 saturated carbocycles. The van der Waals surface area contributed by atoms with E-state index in [0.717, 1.165) is 58.2 Å². The molecule has 1 unspecified atom stereocenters. The summed E-state index contributed by atoms with van der Waals surface area (Å²) < 4.78 is 6.47. The topological polar surface area (TPSA) is 45.7 Å². The number of carbonyl (C=O) groups is 1. The Hall–Kier alpha value is -0.980. The third-order valence-electron chi connectivity index (χ3n) is 6.19. The van der Waals surface area contributed by atoms with Crippen molar-refractivity contribution in [3.8, 4) is 0 Å². The van der Waals surface area contributed by atoms with Crippen molar-refractivity contribution < 1.29 is 9.53 Å². The lowest BCUT2D eigenvalue weighted by Crippen LogP contribution is -2.49. The van der Waals surface area contributed by atoms with Crippen LogP contribution in [0.15, 0.2) is 5.51 Å². The summed E-state index contributed by atoms with van der Waals surface area (Å²) in [7, 11) is 0. The van der Waals surface area contributed by atoms with E-state index in [9.17, 15) is 4.79 Å². The van der Waals surface area contributed by atoms with Crippen LogP contribution in [0.1, 0.15) is 56.0 Å². The second-order valence-electron chi connectivity index (χ2n) is 7.88. The molecule has 0 aromatic carbocycles. The molecular formula is C19H29N3O2S. The lowest BCUT2D eigenvalue weighted by molar-refractivity contribution is -0.138. The first-order valence-electron chi connectivity index (χ1n) is 9.66. The Kier molecular flexibility index (Phi) is 5.11. The van der Waals surface area contributed by atoms with Gasteiger partial charge in [0.2, 0.25) is 5.91 Å². The van der Waals surface area contributed by atoms with Gasteiger partial charge in [-0.3, -0.25) is 9.69 Å². The van der Waals surface area contributed by atoms with Crippen molar-refractivity contribution >= 4 is 17.2 Å². The zero-order chi connectivity index (χ0) is 17.4. The molecule has 3 saturated heterocycles. The number of amides is 1.